The fourth-order valence-electron chi connectivity index (χ4n) is 1.74. The molecule has 0 amide bonds. The molecule has 1 atom stereocenters. The highest BCUT2D eigenvalue weighted by molar-refractivity contribution is 5.40. The summed E-state index contributed by atoms with van der Waals surface area (Å²) in [6.07, 6.45) is 2.48. The Bertz CT molecular complexity index is 617. The molecule has 0 bridgehead atoms. The van der Waals surface area contributed by atoms with E-state index < -0.39 is 11.4 Å². The van der Waals surface area contributed by atoms with Crippen LogP contribution in [0.2, 0.25) is 0 Å². The number of nitrogens with zero attached hydrogens (tertiary/aromatic N) is 2. The van der Waals surface area contributed by atoms with Crippen LogP contribution in [-0.2, 0) is 5.60 Å². The van der Waals surface area contributed by atoms with Gasteiger partial charge in [0.25, 0.3) is 0 Å². The normalized spacial score (nSPS) is 13.7. The van der Waals surface area contributed by atoms with Crippen LogP contribution in [0.15, 0.2) is 42.7 Å². The van der Waals surface area contributed by atoms with Gasteiger partial charge in [-0.25, -0.2) is 4.39 Å². The summed E-state index contributed by atoms with van der Waals surface area (Å²) in [5.74, 6) is -0.510. The van der Waals surface area contributed by atoms with Crippen molar-refractivity contribution in [1.82, 2.24) is 4.98 Å². The van der Waals surface area contributed by atoms with E-state index in [1.807, 2.05) is 6.07 Å². The van der Waals surface area contributed by atoms with Gasteiger partial charge < -0.3 is 5.11 Å². The SMILES string of the molecule is CC(O)(c1cncc(F)c1)c1cccc(C#N)c1. The second kappa shape index (κ2) is 4.55. The number of benzene rings is 1. The summed E-state index contributed by atoms with van der Waals surface area (Å²) in [5.41, 5.74) is -0.0780. The number of nitriles is 1. The van der Waals surface area contributed by atoms with E-state index in [0.717, 1.165) is 6.20 Å². The number of rotatable bonds is 2. The van der Waals surface area contributed by atoms with Crippen molar-refractivity contribution in [2.45, 2.75) is 12.5 Å². The number of halogens is 1. The van der Waals surface area contributed by atoms with Crippen molar-refractivity contribution in [1.29, 1.82) is 5.26 Å². The predicted molar refractivity (Wildman–Crippen MR) is 64.0 cm³/mol. The van der Waals surface area contributed by atoms with Crippen LogP contribution in [-0.4, -0.2) is 10.1 Å². The molecule has 0 saturated heterocycles. The molecule has 0 aliphatic carbocycles. The average Bonchev–Trinajstić information content (AvgIpc) is 2.39. The Hall–Kier alpha value is -2.25. The number of aliphatic hydroxyl groups is 1. The summed E-state index contributed by atoms with van der Waals surface area (Å²) < 4.78 is 13.1. The van der Waals surface area contributed by atoms with Gasteiger partial charge in [0.15, 0.2) is 0 Å². The minimum absolute atomic E-state index is 0.345. The third-order valence-electron chi connectivity index (χ3n) is 2.82. The lowest BCUT2D eigenvalue weighted by Gasteiger charge is -2.24. The van der Waals surface area contributed by atoms with Gasteiger partial charge in [-0.2, -0.15) is 5.26 Å². The van der Waals surface area contributed by atoms with Crippen LogP contribution in [0, 0.1) is 17.1 Å². The first-order chi connectivity index (χ1) is 8.54. The first-order valence-electron chi connectivity index (χ1n) is 5.38. The summed E-state index contributed by atoms with van der Waals surface area (Å²) in [6.45, 7) is 1.54. The zero-order valence-corrected chi connectivity index (χ0v) is 9.76. The first-order valence-corrected chi connectivity index (χ1v) is 5.38. The number of aromatic nitrogens is 1. The molecule has 1 aromatic heterocycles. The fraction of sp³-hybridized carbons (Fsp3) is 0.143. The molecular weight excluding hydrogens is 231 g/mol. The van der Waals surface area contributed by atoms with Crippen LogP contribution in [0.25, 0.3) is 0 Å². The number of hydrogen-bond acceptors (Lipinski definition) is 3. The molecule has 0 aliphatic rings. The van der Waals surface area contributed by atoms with Crippen molar-refractivity contribution in [2.75, 3.05) is 0 Å². The highest BCUT2D eigenvalue weighted by Gasteiger charge is 2.26. The lowest BCUT2D eigenvalue weighted by molar-refractivity contribution is 0.101. The van der Waals surface area contributed by atoms with Gasteiger partial charge in [0.1, 0.15) is 11.4 Å². The van der Waals surface area contributed by atoms with Gasteiger partial charge in [-0.05, 0) is 30.7 Å². The molecule has 0 radical (unpaired) electrons. The largest absolute Gasteiger partial charge is 0.381 e. The smallest absolute Gasteiger partial charge is 0.141 e. The van der Waals surface area contributed by atoms with Gasteiger partial charge >= 0.3 is 0 Å². The van der Waals surface area contributed by atoms with Crippen LogP contribution in [0.3, 0.4) is 0 Å². The molecule has 0 aliphatic heterocycles. The molecule has 0 fully saturated rings. The standard InChI is InChI=1S/C14H11FN2O/c1-14(18,12-6-13(15)9-17-8-12)11-4-2-3-10(5-11)7-16/h2-6,8-9,18H,1H3. The molecule has 1 aromatic carbocycles. The lowest BCUT2D eigenvalue weighted by atomic mass is 9.88. The van der Waals surface area contributed by atoms with Crippen molar-refractivity contribution in [2.24, 2.45) is 0 Å². The second-order valence-electron chi connectivity index (χ2n) is 4.16. The van der Waals surface area contributed by atoms with E-state index in [1.54, 1.807) is 31.2 Å². The molecule has 2 rings (SSSR count). The Kier molecular flexibility index (Phi) is 3.09. The van der Waals surface area contributed by atoms with Gasteiger partial charge in [-0.1, -0.05) is 12.1 Å². The number of hydrogen-bond donors (Lipinski definition) is 1. The zero-order chi connectivity index (χ0) is 13.2. The molecule has 2 aromatic rings. The minimum atomic E-state index is -1.39. The van der Waals surface area contributed by atoms with Crippen LogP contribution < -0.4 is 0 Å². The quantitative estimate of drug-likeness (QED) is 0.879. The van der Waals surface area contributed by atoms with Crippen LogP contribution in [0.4, 0.5) is 4.39 Å². The third-order valence-corrected chi connectivity index (χ3v) is 2.82. The van der Waals surface area contributed by atoms with Crippen molar-refractivity contribution in [3.8, 4) is 6.07 Å². The highest BCUT2D eigenvalue weighted by atomic mass is 19.1. The van der Waals surface area contributed by atoms with Crippen molar-refractivity contribution < 1.29 is 9.50 Å². The predicted octanol–water partition coefficient (Wildman–Crippen LogP) is 2.35. The summed E-state index contributed by atoms with van der Waals surface area (Å²) in [6, 6.07) is 9.81. The van der Waals surface area contributed by atoms with Crippen molar-refractivity contribution in [3.05, 3.63) is 65.2 Å². The lowest BCUT2D eigenvalue weighted by Crippen LogP contribution is -2.23. The summed E-state index contributed by atoms with van der Waals surface area (Å²) in [4.78, 5) is 3.72. The minimum Gasteiger partial charge on any atom is -0.381 e. The third kappa shape index (κ3) is 2.22. The average molecular weight is 242 g/mol. The van der Waals surface area contributed by atoms with Gasteiger partial charge in [0.2, 0.25) is 0 Å². The van der Waals surface area contributed by atoms with Crippen LogP contribution >= 0.6 is 0 Å². The second-order valence-corrected chi connectivity index (χ2v) is 4.16. The molecule has 90 valence electrons. The molecule has 4 heteroatoms. The van der Waals surface area contributed by atoms with Gasteiger partial charge in [0, 0.05) is 11.8 Å². The molecule has 0 saturated carbocycles. The number of pyridine rings is 1. The van der Waals surface area contributed by atoms with E-state index in [2.05, 4.69) is 4.98 Å². The first kappa shape index (κ1) is 12.2. The molecule has 3 nitrogen and oxygen atoms in total. The van der Waals surface area contributed by atoms with Crippen molar-refractivity contribution in [3.63, 3.8) is 0 Å². The Morgan fingerprint density at radius 2 is 2.06 bits per heavy atom. The Morgan fingerprint density at radius 3 is 2.72 bits per heavy atom. The maximum atomic E-state index is 13.1. The van der Waals surface area contributed by atoms with E-state index in [0.29, 0.717) is 16.7 Å². The van der Waals surface area contributed by atoms with E-state index in [9.17, 15) is 9.50 Å². The molecular formula is C14H11FN2O. The molecule has 0 spiro atoms. The summed E-state index contributed by atoms with van der Waals surface area (Å²) in [7, 11) is 0. The van der Waals surface area contributed by atoms with Crippen LogP contribution in [0.1, 0.15) is 23.6 Å². The summed E-state index contributed by atoms with van der Waals surface area (Å²) >= 11 is 0. The van der Waals surface area contributed by atoms with Crippen molar-refractivity contribution >= 4 is 0 Å². The maximum Gasteiger partial charge on any atom is 0.141 e. The Balaban J connectivity index is 2.50. The topological polar surface area (TPSA) is 56.9 Å². The van der Waals surface area contributed by atoms with Gasteiger partial charge in [0.05, 0.1) is 17.8 Å². The molecule has 18 heavy (non-hydrogen) atoms. The van der Waals surface area contributed by atoms with E-state index in [1.165, 1.54) is 12.3 Å². The summed E-state index contributed by atoms with van der Waals surface area (Å²) in [5, 5.41) is 19.3. The van der Waals surface area contributed by atoms with Gasteiger partial charge in [-0.3, -0.25) is 4.98 Å². The van der Waals surface area contributed by atoms with E-state index >= 15 is 0 Å². The fourth-order valence-corrected chi connectivity index (χ4v) is 1.74. The van der Waals surface area contributed by atoms with Crippen LogP contribution in [0.5, 0.6) is 0 Å². The zero-order valence-electron chi connectivity index (χ0n) is 9.76. The van der Waals surface area contributed by atoms with E-state index in [4.69, 9.17) is 5.26 Å². The molecule has 1 N–H and O–H groups in total. The molecule has 1 heterocycles. The highest BCUT2D eigenvalue weighted by Crippen LogP contribution is 2.29. The maximum absolute atomic E-state index is 13.1. The van der Waals surface area contributed by atoms with E-state index in [-0.39, 0.29) is 0 Å². The Labute approximate surface area is 104 Å². The van der Waals surface area contributed by atoms with Gasteiger partial charge in [-0.15, -0.1) is 0 Å². The Morgan fingerprint density at radius 1 is 1.28 bits per heavy atom. The monoisotopic (exact) mass is 242 g/mol. The molecule has 1 unspecified atom stereocenters.